The van der Waals surface area contributed by atoms with E-state index in [1.807, 2.05) is 0 Å². The van der Waals surface area contributed by atoms with Gasteiger partial charge in [0.05, 0.1) is 6.10 Å². The van der Waals surface area contributed by atoms with E-state index in [9.17, 15) is 5.11 Å². The number of benzene rings is 3. The molecule has 0 amide bonds. The van der Waals surface area contributed by atoms with Gasteiger partial charge in [0, 0.05) is 5.92 Å². The van der Waals surface area contributed by atoms with Crippen LogP contribution in [-0.2, 0) is 6.42 Å². The zero-order chi connectivity index (χ0) is 15.4. The molecule has 0 bridgehead atoms. The molecule has 1 N–H and O–H groups in total. The van der Waals surface area contributed by atoms with Crippen molar-refractivity contribution in [2.45, 2.75) is 37.7 Å². The molecule has 3 aromatic rings. The lowest BCUT2D eigenvalue weighted by Crippen LogP contribution is -2.21. The molecule has 0 spiro atoms. The molecule has 0 fully saturated rings. The van der Waals surface area contributed by atoms with E-state index in [2.05, 4.69) is 54.6 Å². The smallest absolute Gasteiger partial charge is 0.0724 e. The van der Waals surface area contributed by atoms with Crippen molar-refractivity contribution in [1.29, 1.82) is 0 Å². The average Bonchev–Trinajstić information content (AvgIpc) is 2.61. The van der Waals surface area contributed by atoms with Crippen LogP contribution < -0.4 is 0 Å². The van der Waals surface area contributed by atoms with E-state index in [-0.39, 0.29) is 6.10 Å². The minimum Gasteiger partial charge on any atom is -0.389 e. The SMILES string of the molecule is OC1C=C2CCc3c(c4ccccc4c4ccccc34)C2CC1. The van der Waals surface area contributed by atoms with E-state index in [4.69, 9.17) is 0 Å². The molecule has 1 nitrogen and oxygen atoms in total. The number of aryl methyl sites for hydroxylation is 1. The van der Waals surface area contributed by atoms with Crippen LogP contribution in [0.2, 0.25) is 0 Å². The lowest BCUT2D eigenvalue weighted by molar-refractivity contribution is 0.197. The molecule has 2 aliphatic rings. The predicted molar refractivity (Wildman–Crippen MR) is 95.8 cm³/mol. The van der Waals surface area contributed by atoms with Gasteiger partial charge < -0.3 is 5.11 Å². The predicted octanol–water partition coefficient (Wildman–Crippen LogP) is 5.10. The summed E-state index contributed by atoms with van der Waals surface area (Å²) in [6.45, 7) is 0. The van der Waals surface area contributed by atoms with Crippen LogP contribution in [0.1, 0.15) is 36.3 Å². The van der Waals surface area contributed by atoms with E-state index >= 15 is 0 Å². The molecule has 2 atom stereocenters. The van der Waals surface area contributed by atoms with Gasteiger partial charge in [0.2, 0.25) is 0 Å². The van der Waals surface area contributed by atoms with E-state index in [0.29, 0.717) is 5.92 Å². The summed E-state index contributed by atoms with van der Waals surface area (Å²) in [6, 6.07) is 17.7. The first kappa shape index (κ1) is 13.3. The Morgan fingerprint density at radius 3 is 2.17 bits per heavy atom. The fourth-order valence-electron chi connectivity index (χ4n) is 4.74. The summed E-state index contributed by atoms with van der Waals surface area (Å²) in [4.78, 5) is 0. The molecule has 0 heterocycles. The van der Waals surface area contributed by atoms with Crippen molar-refractivity contribution < 1.29 is 5.11 Å². The summed E-state index contributed by atoms with van der Waals surface area (Å²) >= 11 is 0. The largest absolute Gasteiger partial charge is 0.389 e. The zero-order valence-electron chi connectivity index (χ0n) is 13.1. The van der Waals surface area contributed by atoms with E-state index in [1.165, 1.54) is 38.2 Å². The van der Waals surface area contributed by atoms with Gasteiger partial charge >= 0.3 is 0 Å². The Morgan fingerprint density at radius 1 is 0.739 bits per heavy atom. The van der Waals surface area contributed by atoms with Gasteiger partial charge in [0.15, 0.2) is 0 Å². The molecule has 1 heteroatoms. The van der Waals surface area contributed by atoms with Gasteiger partial charge in [0.25, 0.3) is 0 Å². The summed E-state index contributed by atoms with van der Waals surface area (Å²) in [7, 11) is 0. The number of allylic oxidation sites excluding steroid dienone is 1. The molecule has 0 saturated heterocycles. The Kier molecular flexibility index (Phi) is 2.86. The number of hydrogen-bond donors (Lipinski definition) is 1. The lowest BCUT2D eigenvalue weighted by Gasteiger charge is -2.35. The van der Waals surface area contributed by atoms with Gasteiger partial charge in [-0.3, -0.25) is 0 Å². The van der Waals surface area contributed by atoms with Crippen LogP contribution in [-0.4, -0.2) is 11.2 Å². The topological polar surface area (TPSA) is 20.2 Å². The standard InChI is InChI=1S/C22H20O/c23-15-10-12-16-14(13-15)9-11-21-19-7-2-1-5-17(19)18-6-3-4-8-20(18)22(16)21/h1-8,13,15-16,23H,9-12H2. The zero-order valence-corrected chi connectivity index (χ0v) is 13.1. The number of aliphatic hydroxyl groups is 1. The third-order valence-corrected chi connectivity index (χ3v) is 5.70. The second kappa shape index (κ2) is 4.94. The van der Waals surface area contributed by atoms with E-state index in [0.717, 1.165) is 25.7 Å². The summed E-state index contributed by atoms with van der Waals surface area (Å²) < 4.78 is 0. The summed E-state index contributed by atoms with van der Waals surface area (Å²) in [5.41, 5.74) is 4.53. The van der Waals surface area contributed by atoms with Crippen molar-refractivity contribution in [1.82, 2.24) is 0 Å². The fourth-order valence-corrected chi connectivity index (χ4v) is 4.74. The third-order valence-electron chi connectivity index (χ3n) is 5.70. The Bertz CT molecular complexity index is 951. The average molecular weight is 300 g/mol. The number of fused-ring (bicyclic) bond motifs is 8. The van der Waals surface area contributed by atoms with Gasteiger partial charge in [0.1, 0.15) is 0 Å². The molecule has 114 valence electrons. The third kappa shape index (κ3) is 1.90. The van der Waals surface area contributed by atoms with Crippen molar-refractivity contribution in [3.63, 3.8) is 0 Å². The number of rotatable bonds is 0. The summed E-state index contributed by atoms with van der Waals surface area (Å²) in [5.74, 6) is 0.497. The fraction of sp³-hybridized carbons (Fsp3) is 0.273. The quantitative estimate of drug-likeness (QED) is 0.452. The van der Waals surface area contributed by atoms with Gasteiger partial charge in [-0.05, 0) is 58.4 Å². The lowest BCUT2D eigenvalue weighted by atomic mass is 9.70. The summed E-state index contributed by atoms with van der Waals surface area (Å²) in [6.07, 6.45) is 6.03. The van der Waals surface area contributed by atoms with Gasteiger partial charge in [-0.1, -0.05) is 60.2 Å². The van der Waals surface area contributed by atoms with Crippen LogP contribution in [0.15, 0.2) is 60.2 Å². The minimum atomic E-state index is -0.241. The first-order chi connectivity index (χ1) is 11.3. The summed E-state index contributed by atoms with van der Waals surface area (Å²) in [5, 5.41) is 15.6. The maximum Gasteiger partial charge on any atom is 0.0724 e. The normalized spacial score (nSPS) is 23.4. The molecule has 2 unspecified atom stereocenters. The highest BCUT2D eigenvalue weighted by molar-refractivity contribution is 6.11. The molecular weight excluding hydrogens is 280 g/mol. The van der Waals surface area contributed by atoms with Crippen molar-refractivity contribution in [3.05, 3.63) is 71.3 Å². The van der Waals surface area contributed by atoms with Crippen molar-refractivity contribution >= 4 is 21.5 Å². The number of hydrogen-bond acceptors (Lipinski definition) is 1. The van der Waals surface area contributed by atoms with Crippen LogP contribution in [0.5, 0.6) is 0 Å². The number of aliphatic hydroxyl groups excluding tert-OH is 1. The van der Waals surface area contributed by atoms with E-state index in [1.54, 1.807) is 0 Å². The van der Waals surface area contributed by atoms with Gasteiger partial charge in [-0.25, -0.2) is 0 Å². The molecule has 0 radical (unpaired) electrons. The first-order valence-corrected chi connectivity index (χ1v) is 8.64. The molecule has 0 aliphatic heterocycles. The molecule has 0 aromatic heterocycles. The van der Waals surface area contributed by atoms with Crippen LogP contribution >= 0.6 is 0 Å². The monoisotopic (exact) mass is 300 g/mol. The second-order valence-electron chi connectivity index (χ2n) is 6.92. The van der Waals surface area contributed by atoms with Crippen molar-refractivity contribution in [2.75, 3.05) is 0 Å². The van der Waals surface area contributed by atoms with Crippen LogP contribution in [0.3, 0.4) is 0 Å². The van der Waals surface area contributed by atoms with Gasteiger partial charge in [-0.15, -0.1) is 0 Å². The second-order valence-corrected chi connectivity index (χ2v) is 6.92. The van der Waals surface area contributed by atoms with Gasteiger partial charge in [-0.2, -0.15) is 0 Å². The Hall–Kier alpha value is -2.12. The van der Waals surface area contributed by atoms with Crippen LogP contribution in [0.25, 0.3) is 21.5 Å². The Labute approximate surface area is 136 Å². The van der Waals surface area contributed by atoms with Crippen LogP contribution in [0, 0.1) is 0 Å². The Morgan fingerprint density at radius 2 is 1.39 bits per heavy atom. The van der Waals surface area contributed by atoms with E-state index < -0.39 is 0 Å². The molecule has 5 rings (SSSR count). The minimum absolute atomic E-state index is 0.241. The van der Waals surface area contributed by atoms with Crippen molar-refractivity contribution in [3.8, 4) is 0 Å². The molecule has 23 heavy (non-hydrogen) atoms. The first-order valence-electron chi connectivity index (χ1n) is 8.64. The molecule has 3 aromatic carbocycles. The molecular formula is C22H20O. The molecule has 0 saturated carbocycles. The maximum absolute atomic E-state index is 10.0. The van der Waals surface area contributed by atoms with Crippen molar-refractivity contribution in [2.24, 2.45) is 0 Å². The highest BCUT2D eigenvalue weighted by atomic mass is 16.3. The highest BCUT2D eigenvalue weighted by Gasteiger charge is 2.31. The maximum atomic E-state index is 10.0. The highest BCUT2D eigenvalue weighted by Crippen LogP contribution is 2.47. The Balaban J connectivity index is 1.91. The molecule has 2 aliphatic carbocycles. The van der Waals surface area contributed by atoms with Crippen LogP contribution in [0.4, 0.5) is 0 Å².